The first-order chi connectivity index (χ1) is 21.8. The Kier molecular flexibility index (Phi) is 6.08. The maximum atomic E-state index is 6.39. The van der Waals surface area contributed by atoms with E-state index in [1.165, 1.54) is 0 Å². The predicted octanol–water partition coefficient (Wildman–Crippen LogP) is 9.89. The van der Waals surface area contributed by atoms with Crippen LogP contribution in [0.15, 0.2) is 133 Å². The summed E-state index contributed by atoms with van der Waals surface area (Å²) in [4.78, 5) is 0. The summed E-state index contributed by atoms with van der Waals surface area (Å²) < 4.78 is 12.8. The first kappa shape index (κ1) is 25.7. The molecule has 0 aromatic heterocycles. The molecule has 2 aliphatic rings. The molecule has 0 bridgehead atoms. The molecule has 0 aliphatic carbocycles. The Labute approximate surface area is 257 Å². The normalized spacial score (nSPS) is 13.1. The predicted molar refractivity (Wildman–Crippen MR) is 176 cm³/mol. The van der Waals surface area contributed by atoms with E-state index < -0.39 is 0 Å². The number of terminal acetylenes is 2. The highest BCUT2D eigenvalue weighted by molar-refractivity contribution is 5.85. The van der Waals surface area contributed by atoms with Crippen LogP contribution in [0.1, 0.15) is 56.3 Å². The van der Waals surface area contributed by atoms with E-state index in [2.05, 4.69) is 72.5 Å². The molecule has 0 saturated heterocycles. The quantitative estimate of drug-likeness (QED) is 0.200. The molecule has 0 radical (unpaired) electrons. The van der Waals surface area contributed by atoms with Gasteiger partial charge < -0.3 is 9.47 Å². The molecular formula is C42H26O2. The van der Waals surface area contributed by atoms with Crippen molar-refractivity contribution in [2.45, 2.75) is 11.8 Å². The van der Waals surface area contributed by atoms with Crippen LogP contribution in [-0.4, -0.2) is 0 Å². The molecule has 6 aromatic rings. The van der Waals surface area contributed by atoms with Crippen LogP contribution in [0, 0.1) is 24.7 Å². The topological polar surface area (TPSA) is 18.5 Å². The molecule has 0 fully saturated rings. The molecule has 2 heterocycles. The second-order valence-corrected chi connectivity index (χ2v) is 11.0. The van der Waals surface area contributed by atoms with E-state index in [0.29, 0.717) is 0 Å². The van der Waals surface area contributed by atoms with Gasteiger partial charge >= 0.3 is 0 Å². The van der Waals surface area contributed by atoms with Crippen molar-refractivity contribution >= 4 is 0 Å². The van der Waals surface area contributed by atoms with Crippen molar-refractivity contribution in [2.24, 2.45) is 0 Å². The van der Waals surface area contributed by atoms with Gasteiger partial charge in [0.05, 0.1) is 0 Å². The molecule has 2 heteroatoms. The highest BCUT2D eigenvalue weighted by Gasteiger charge is 2.35. The lowest BCUT2D eigenvalue weighted by molar-refractivity contribution is 0.452. The highest BCUT2D eigenvalue weighted by atomic mass is 16.5. The minimum absolute atomic E-state index is 0.118. The molecule has 0 unspecified atom stereocenters. The van der Waals surface area contributed by atoms with Gasteiger partial charge in [-0.1, -0.05) is 109 Å². The number of hydrogen-bond acceptors (Lipinski definition) is 2. The Morgan fingerprint density at radius 3 is 0.977 bits per heavy atom. The zero-order valence-electron chi connectivity index (χ0n) is 23.8. The van der Waals surface area contributed by atoms with Crippen molar-refractivity contribution in [1.29, 1.82) is 0 Å². The summed E-state index contributed by atoms with van der Waals surface area (Å²) in [6, 6.07) is 45.4. The Hall–Kier alpha value is -5.96. The van der Waals surface area contributed by atoms with E-state index >= 15 is 0 Å². The van der Waals surface area contributed by atoms with E-state index in [4.69, 9.17) is 22.3 Å². The summed E-state index contributed by atoms with van der Waals surface area (Å²) in [5.41, 5.74) is 10.0. The summed E-state index contributed by atoms with van der Waals surface area (Å²) in [6.45, 7) is 0. The van der Waals surface area contributed by atoms with Gasteiger partial charge in [-0.3, -0.25) is 0 Å². The first-order valence-electron chi connectivity index (χ1n) is 14.7. The monoisotopic (exact) mass is 562 g/mol. The van der Waals surface area contributed by atoms with Crippen LogP contribution in [0.5, 0.6) is 23.0 Å². The highest BCUT2D eigenvalue weighted by Crippen LogP contribution is 2.53. The van der Waals surface area contributed by atoms with Crippen molar-refractivity contribution < 1.29 is 9.47 Å². The molecule has 0 atom stereocenters. The van der Waals surface area contributed by atoms with E-state index in [9.17, 15) is 0 Å². The minimum atomic E-state index is -0.118. The molecule has 0 N–H and O–H groups in total. The fraction of sp³-hybridized carbons (Fsp3) is 0.0476. The Morgan fingerprint density at radius 1 is 0.364 bits per heavy atom. The second-order valence-electron chi connectivity index (χ2n) is 11.0. The first-order valence-corrected chi connectivity index (χ1v) is 14.7. The van der Waals surface area contributed by atoms with Gasteiger partial charge in [0.1, 0.15) is 23.0 Å². The van der Waals surface area contributed by atoms with Gasteiger partial charge in [0.25, 0.3) is 0 Å². The third-order valence-electron chi connectivity index (χ3n) is 8.74. The summed E-state index contributed by atoms with van der Waals surface area (Å²) in [5.74, 6) is 9.15. The Balaban J connectivity index is 1.46. The maximum Gasteiger partial charge on any atom is 0.131 e. The van der Waals surface area contributed by atoms with Crippen LogP contribution in [0.4, 0.5) is 0 Å². The summed E-state index contributed by atoms with van der Waals surface area (Å²) >= 11 is 0. The lowest BCUT2D eigenvalue weighted by Gasteiger charge is -2.33. The summed E-state index contributed by atoms with van der Waals surface area (Å²) in [5, 5.41) is 0. The van der Waals surface area contributed by atoms with E-state index in [0.717, 1.165) is 78.6 Å². The average molecular weight is 563 g/mol. The third kappa shape index (κ3) is 3.94. The van der Waals surface area contributed by atoms with Gasteiger partial charge in [0, 0.05) is 56.3 Å². The van der Waals surface area contributed by atoms with Crippen LogP contribution < -0.4 is 9.47 Å². The number of ether oxygens (including phenoxy) is 2. The summed E-state index contributed by atoms with van der Waals surface area (Å²) in [7, 11) is 0. The van der Waals surface area contributed by atoms with Gasteiger partial charge in [0.2, 0.25) is 0 Å². The van der Waals surface area contributed by atoms with Crippen molar-refractivity contribution in [3.8, 4) is 58.8 Å². The standard InChI is InChI=1S/C42H26O2/c1-3-27-15-13-21-33(41-29-17-5-9-23-35(29)43-36-24-10-6-18-30(36)41)39(27)40-28(4-2)16-14-22-34(40)42-31-19-7-11-25-37(31)44-38-26-12-8-20-32(38)42/h1-2,5-26,41-42H. The van der Waals surface area contributed by atoms with Crippen LogP contribution in [0.3, 0.4) is 0 Å². The molecule has 8 rings (SSSR count). The van der Waals surface area contributed by atoms with E-state index in [1.807, 2.05) is 72.8 Å². The van der Waals surface area contributed by atoms with Crippen LogP contribution in [0.25, 0.3) is 11.1 Å². The van der Waals surface area contributed by atoms with Crippen molar-refractivity contribution in [2.75, 3.05) is 0 Å². The molecule has 44 heavy (non-hydrogen) atoms. The van der Waals surface area contributed by atoms with Crippen LogP contribution in [0.2, 0.25) is 0 Å². The van der Waals surface area contributed by atoms with Crippen molar-refractivity contribution in [1.82, 2.24) is 0 Å². The molecule has 2 nitrogen and oxygen atoms in total. The van der Waals surface area contributed by atoms with Crippen molar-refractivity contribution in [3.05, 3.63) is 178 Å². The number of rotatable bonds is 3. The van der Waals surface area contributed by atoms with Gasteiger partial charge in [0.15, 0.2) is 0 Å². The van der Waals surface area contributed by atoms with Gasteiger partial charge in [-0.15, -0.1) is 12.8 Å². The zero-order chi connectivity index (χ0) is 29.6. The fourth-order valence-electron chi connectivity index (χ4n) is 6.91. The third-order valence-corrected chi connectivity index (χ3v) is 8.74. The second kappa shape index (κ2) is 10.4. The lowest BCUT2D eigenvalue weighted by Crippen LogP contribution is -2.15. The SMILES string of the molecule is C#Cc1cccc(C2c3ccccc3Oc3ccccc32)c1-c1c(C#C)cccc1C1c2ccccc2Oc2ccccc21. The Morgan fingerprint density at radius 2 is 0.659 bits per heavy atom. The number of benzene rings is 6. The number of para-hydroxylation sites is 4. The molecule has 206 valence electrons. The van der Waals surface area contributed by atoms with Crippen LogP contribution >= 0.6 is 0 Å². The van der Waals surface area contributed by atoms with E-state index in [1.54, 1.807) is 0 Å². The largest absolute Gasteiger partial charge is 0.457 e. The number of fused-ring (bicyclic) bond motifs is 4. The van der Waals surface area contributed by atoms with E-state index in [-0.39, 0.29) is 11.8 Å². The average Bonchev–Trinajstić information content (AvgIpc) is 3.08. The molecule has 0 saturated carbocycles. The molecule has 0 spiro atoms. The lowest BCUT2D eigenvalue weighted by atomic mass is 9.74. The molecule has 0 amide bonds. The zero-order valence-corrected chi connectivity index (χ0v) is 23.8. The maximum absolute atomic E-state index is 6.39. The summed E-state index contributed by atoms with van der Waals surface area (Å²) in [6.07, 6.45) is 12.6. The minimum Gasteiger partial charge on any atom is -0.457 e. The van der Waals surface area contributed by atoms with Crippen LogP contribution in [-0.2, 0) is 0 Å². The van der Waals surface area contributed by atoms with Gasteiger partial charge in [-0.25, -0.2) is 0 Å². The van der Waals surface area contributed by atoms with Gasteiger partial charge in [-0.2, -0.15) is 0 Å². The van der Waals surface area contributed by atoms with Gasteiger partial charge in [-0.05, 0) is 47.5 Å². The molecular weight excluding hydrogens is 536 g/mol. The van der Waals surface area contributed by atoms with Crippen molar-refractivity contribution in [3.63, 3.8) is 0 Å². The molecule has 2 aliphatic heterocycles. The Bertz CT molecular complexity index is 1930. The fourth-order valence-corrected chi connectivity index (χ4v) is 6.91. The smallest absolute Gasteiger partial charge is 0.131 e. The number of hydrogen-bond donors (Lipinski definition) is 0. The molecule has 6 aromatic carbocycles.